The third-order valence-corrected chi connectivity index (χ3v) is 4.94. The average Bonchev–Trinajstić information content (AvgIpc) is 2.16. The molecule has 0 aliphatic heterocycles. The van der Waals surface area contributed by atoms with Gasteiger partial charge in [0.1, 0.15) is 0 Å². The van der Waals surface area contributed by atoms with Gasteiger partial charge in [-0.25, -0.2) is 8.42 Å². The van der Waals surface area contributed by atoms with Crippen LogP contribution in [0.5, 0.6) is 0 Å². The minimum Gasteiger partial charge on any atom is -0.368 e. The first-order valence-corrected chi connectivity index (χ1v) is 7.73. The maximum atomic E-state index is 11.5. The van der Waals surface area contributed by atoms with E-state index in [0.29, 0.717) is 6.42 Å². The summed E-state index contributed by atoms with van der Waals surface area (Å²) in [5.74, 6) is -0.227. The lowest BCUT2D eigenvalue weighted by atomic mass is 9.88. The molecule has 102 valence electrons. The minimum absolute atomic E-state index is 0.00822. The molecule has 0 aliphatic rings. The maximum absolute atomic E-state index is 11.5. The predicted molar refractivity (Wildman–Crippen MR) is 69.4 cm³/mol. The van der Waals surface area contributed by atoms with E-state index in [0.717, 1.165) is 0 Å². The van der Waals surface area contributed by atoms with E-state index < -0.39 is 21.3 Å². The van der Waals surface area contributed by atoms with Gasteiger partial charge in [0.05, 0.1) is 11.3 Å². The quantitative estimate of drug-likeness (QED) is 0.660. The van der Waals surface area contributed by atoms with Crippen LogP contribution in [0.15, 0.2) is 0 Å². The van der Waals surface area contributed by atoms with Gasteiger partial charge in [-0.3, -0.25) is 4.79 Å². The number of rotatable bonds is 8. The molecular formula is C11H24N2O3S. The van der Waals surface area contributed by atoms with Gasteiger partial charge in [-0.05, 0) is 19.3 Å². The second-order valence-corrected chi connectivity index (χ2v) is 7.10. The Hall–Kier alpha value is -0.620. The van der Waals surface area contributed by atoms with E-state index in [2.05, 4.69) is 5.32 Å². The van der Waals surface area contributed by atoms with E-state index in [1.54, 1.807) is 6.92 Å². The SMILES string of the molecule is CCCS(=O)(=O)CCNC(C)(C(N)=O)C(C)C. The molecule has 0 spiro atoms. The molecule has 0 aliphatic carbocycles. The van der Waals surface area contributed by atoms with Gasteiger partial charge < -0.3 is 11.1 Å². The summed E-state index contributed by atoms with van der Waals surface area (Å²) in [6, 6.07) is 0. The van der Waals surface area contributed by atoms with Crippen molar-refractivity contribution in [3.05, 3.63) is 0 Å². The fraction of sp³-hybridized carbons (Fsp3) is 0.909. The molecule has 0 bridgehead atoms. The van der Waals surface area contributed by atoms with Crippen molar-refractivity contribution in [2.24, 2.45) is 11.7 Å². The number of sulfone groups is 1. The summed E-state index contributed by atoms with van der Waals surface area (Å²) in [6.07, 6.45) is 0.611. The van der Waals surface area contributed by atoms with E-state index in [9.17, 15) is 13.2 Å². The number of primary amides is 1. The van der Waals surface area contributed by atoms with Gasteiger partial charge in [-0.1, -0.05) is 20.8 Å². The molecule has 0 aromatic heterocycles. The fourth-order valence-corrected chi connectivity index (χ4v) is 2.69. The highest BCUT2D eigenvalue weighted by molar-refractivity contribution is 7.91. The lowest BCUT2D eigenvalue weighted by Gasteiger charge is -2.31. The number of carbonyl (C=O) groups is 1. The van der Waals surface area contributed by atoms with Crippen LogP contribution in [0.4, 0.5) is 0 Å². The van der Waals surface area contributed by atoms with E-state index in [-0.39, 0.29) is 24.0 Å². The van der Waals surface area contributed by atoms with E-state index in [4.69, 9.17) is 5.73 Å². The summed E-state index contributed by atoms with van der Waals surface area (Å²) < 4.78 is 23.0. The van der Waals surface area contributed by atoms with Crippen LogP contribution in [-0.4, -0.2) is 37.9 Å². The maximum Gasteiger partial charge on any atom is 0.237 e. The van der Waals surface area contributed by atoms with Gasteiger partial charge in [0, 0.05) is 12.3 Å². The number of amides is 1. The zero-order valence-corrected chi connectivity index (χ0v) is 11.9. The third kappa shape index (κ3) is 5.04. The molecule has 0 heterocycles. The van der Waals surface area contributed by atoms with Crippen LogP contribution < -0.4 is 11.1 Å². The number of nitrogens with one attached hydrogen (secondary N) is 1. The Kier molecular flexibility index (Phi) is 6.12. The van der Waals surface area contributed by atoms with Crippen LogP contribution in [0.25, 0.3) is 0 Å². The molecule has 3 N–H and O–H groups in total. The van der Waals surface area contributed by atoms with Crippen LogP contribution in [0.2, 0.25) is 0 Å². The number of nitrogens with two attached hydrogens (primary N) is 1. The molecule has 0 rings (SSSR count). The largest absolute Gasteiger partial charge is 0.368 e. The molecule has 1 unspecified atom stereocenters. The van der Waals surface area contributed by atoms with Crippen molar-refractivity contribution in [2.45, 2.75) is 39.7 Å². The summed E-state index contributed by atoms with van der Waals surface area (Å²) >= 11 is 0. The van der Waals surface area contributed by atoms with Crippen LogP contribution in [-0.2, 0) is 14.6 Å². The molecule has 0 aromatic carbocycles. The van der Waals surface area contributed by atoms with Crippen LogP contribution in [0, 0.1) is 5.92 Å². The molecule has 0 saturated carbocycles. The Balaban J connectivity index is 4.41. The Bertz CT molecular complexity index is 352. The minimum atomic E-state index is -3.02. The standard InChI is InChI=1S/C11H24N2O3S/c1-5-7-17(15,16)8-6-13-11(4,9(2)3)10(12)14/h9,13H,5-8H2,1-4H3,(H2,12,14). The topological polar surface area (TPSA) is 89.3 Å². The van der Waals surface area contributed by atoms with Crippen molar-refractivity contribution in [1.82, 2.24) is 5.32 Å². The zero-order valence-electron chi connectivity index (χ0n) is 11.1. The predicted octanol–water partition coefficient (Wildman–Crippen LogP) is 0.301. The van der Waals surface area contributed by atoms with Crippen LogP contribution >= 0.6 is 0 Å². The molecule has 1 atom stereocenters. The first kappa shape index (κ1) is 16.4. The second kappa shape index (κ2) is 6.35. The number of hydrogen-bond acceptors (Lipinski definition) is 4. The smallest absolute Gasteiger partial charge is 0.237 e. The van der Waals surface area contributed by atoms with Gasteiger partial charge in [0.25, 0.3) is 0 Å². The molecule has 0 aromatic rings. The molecule has 5 nitrogen and oxygen atoms in total. The van der Waals surface area contributed by atoms with Crippen molar-refractivity contribution in [1.29, 1.82) is 0 Å². The summed E-state index contributed by atoms with van der Waals surface area (Å²) in [7, 11) is -3.02. The second-order valence-electron chi connectivity index (χ2n) is 4.80. The van der Waals surface area contributed by atoms with Gasteiger partial charge in [0.2, 0.25) is 5.91 Å². The third-order valence-electron chi connectivity index (χ3n) is 3.09. The zero-order chi connectivity index (χ0) is 13.7. The van der Waals surface area contributed by atoms with Crippen molar-refractivity contribution in [3.8, 4) is 0 Å². The van der Waals surface area contributed by atoms with Crippen molar-refractivity contribution in [3.63, 3.8) is 0 Å². The van der Waals surface area contributed by atoms with Gasteiger partial charge in [-0.2, -0.15) is 0 Å². The first-order valence-electron chi connectivity index (χ1n) is 5.91. The normalized spacial score (nSPS) is 15.8. The summed E-state index contributed by atoms with van der Waals surface area (Å²) in [4.78, 5) is 11.4. The van der Waals surface area contributed by atoms with Crippen LogP contribution in [0.3, 0.4) is 0 Å². The Morgan fingerprint density at radius 2 is 1.88 bits per heavy atom. The molecule has 0 fully saturated rings. The van der Waals surface area contributed by atoms with Gasteiger partial charge in [-0.15, -0.1) is 0 Å². The van der Waals surface area contributed by atoms with E-state index in [1.165, 1.54) is 0 Å². The molecule has 0 saturated heterocycles. The Morgan fingerprint density at radius 1 is 1.35 bits per heavy atom. The molecule has 1 amide bonds. The average molecular weight is 264 g/mol. The highest BCUT2D eigenvalue weighted by Crippen LogP contribution is 2.15. The van der Waals surface area contributed by atoms with E-state index in [1.807, 2.05) is 20.8 Å². The fourth-order valence-electron chi connectivity index (χ4n) is 1.46. The molecular weight excluding hydrogens is 240 g/mol. The van der Waals surface area contributed by atoms with Crippen molar-refractivity contribution in [2.75, 3.05) is 18.1 Å². The first-order chi connectivity index (χ1) is 7.65. The van der Waals surface area contributed by atoms with Crippen molar-refractivity contribution >= 4 is 15.7 Å². The molecule has 0 radical (unpaired) electrons. The van der Waals surface area contributed by atoms with Crippen molar-refractivity contribution < 1.29 is 13.2 Å². The number of carbonyl (C=O) groups excluding carboxylic acids is 1. The van der Waals surface area contributed by atoms with Crippen LogP contribution in [0.1, 0.15) is 34.1 Å². The summed E-state index contributed by atoms with van der Waals surface area (Å²) in [5.41, 5.74) is 4.47. The van der Waals surface area contributed by atoms with E-state index >= 15 is 0 Å². The molecule has 6 heteroatoms. The Morgan fingerprint density at radius 3 is 2.24 bits per heavy atom. The number of hydrogen-bond donors (Lipinski definition) is 2. The lowest BCUT2D eigenvalue weighted by molar-refractivity contribution is -0.125. The monoisotopic (exact) mass is 264 g/mol. The highest BCUT2D eigenvalue weighted by Gasteiger charge is 2.34. The summed E-state index contributed by atoms with van der Waals surface area (Å²) in [6.45, 7) is 7.52. The Labute approximate surface area is 104 Å². The summed E-state index contributed by atoms with van der Waals surface area (Å²) in [5, 5.41) is 2.96. The molecule has 17 heavy (non-hydrogen) atoms. The lowest BCUT2D eigenvalue weighted by Crippen LogP contribution is -2.57. The van der Waals surface area contributed by atoms with Gasteiger partial charge in [0.15, 0.2) is 9.84 Å². The highest BCUT2D eigenvalue weighted by atomic mass is 32.2. The van der Waals surface area contributed by atoms with Gasteiger partial charge >= 0.3 is 0 Å².